The van der Waals surface area contributed by atoms with Crippen LogP contribution in [-0.4, -0.2) is 51.6 Å². The van der Waals surface area contributed by atoms with Crippen LogP contribution < -0.4 is 14.8 Å². The molecule has 0 saturated carbocycles. The summed E-state index contributed by atoms with van der Waals surface area (Å²) in [5.74, 6) is 0.860. The van der Waals surface area contributed by atoms with Gasteiger partial charge in [0, 0.05) is 39.1 Å². The highest BCUT2D eigenvalue weighted by atomic mass is 32.2. The van der Waals surface area contributed by atoms with Crippen LogP contribution in [0.4, 0.5) is 0 Å². The molecule has 1 aromatic carbocycles. The van der Waals surface area contributed by atoms with Crippen LogP contribution >= 0.6 is 0 Å². The number of ether oxygens (including phenoxy) is 1. The summed E-state index contributed by atoms with van der Waals surface area (Å²) in [6.45, 7) is 2.74. The van der Waals surface area contributed by atoms with Crippen LogP contribution in [-0.2, 0) is 16.6 Å². The predicted octanol–water partition coefficient (Wildman–Crippen LogP) is -0.270. The van der Waals surface area contributed by atoms with E-state index in [0.717, 1.165) is 17.7 Å². The quantitative estimate of drug-likeness (QED) is 0.802. The van der Waals surface area contributed by atoms with Crippen LogP contribution in [0.3, 0.4) is 0 Å². The van der Waals surface area contributed by atoms with Gasteiger partial charge < -0.3 is 10.1 Å². The van der Waals surface area contributed by atoms with Gasteiger partial charge in [0.1, 0.15) is 11.9 Å². The molecule has 6 nitrogen and oxygen atoms in total. The molecule has 1 saturated heterocycles. The first-order valence-electron chi connectivity index (χ1n) is 6.85. The first-order valence-corrected chi connectivity index (χ1v) is 8.29. The smallest absolute Gasteiger partial charge is 0.279 e. The third-order valence-electron chi connectivity index (χ3n) is 3.62. The van der Waals surface area contributed by atoms with Gasteiger partial charge in [-0.2, -0.15) is 17.4 Å². The molecule has 2 N–H and O–H groups in total. The fourth-order valence-electron chi connectivity index (χ4n) is 2.54. The lowest BCUT2D eigenvalue weighted by Gasteiger charge is -2.27. The Morgan fingerprint density at radius 1 is 1.30 bits per heavy atom. The molecule has 0 spiro atoms. The largest absolute Gasteiger partial charge is 0.488 e. The minimum atomic E-state index is -3.39. The van der Waals surface area contributed by atoms with Crippen LogP contribution in [0.5, 0.6) is 5.75 Å². The number of fused-ring (bicyclic) bond motifs is 1. The second-order valence-corrected chi connectivity index (χ2v) is 6.81. The molecule has 1 aromatic rings. The summed E-state index contributed by atoms with van der Waals surface area (Å²) in [5, 5.41) is 3.14. The lowest BCUT2D eigenvalue weighted by molar-refractivity contribution is 0.234. The summed E-state index contributed by atoms with van der Waals surface area (Å²) < 4.78 is 34.2. The van der Waals surface area contributed by atoms with E-state index in [1.54, 1.807) is 0 Å². The summed E-state index contributed by atoms with van der Waals surface area (Å²) >= 11 is 0. The average Bonchev–Trinajstić information content (AvgIpc) is 2.89. The molecule has 0 aromatic heterocycles. The molecule has 0 radical (unpaired) electrons. The molecular formula is C13H19N3O3S. The van der Waals surface area contributed by atoms with Crippen LogP contribution in [0.25, 0.3) is 0 Å². The highest BCUT2D eigenvalue weighted by molar-refractivity contribution is 7.87. The average molecular weight is 297 g/mol. The van der Waals surface area contributed by atoms with Crippen molar-refractivity contribution in [3.05, 3.63) is 29.8 Å². The Balaban J connectivity index is 1.55. The van der Waals surface area contributed by atoms with Crippen molar-refractivity contribution in [3.63, 3.8) is 0 Å². The molecule has 2 aliphatic rings. The Hall–Kier alpha value is -1.15. The van der Waals surface area contributed by atoms with E-state index in [-0.39, 0.29) is 6.10 Å². The lowest BCUT2D eigenvalue weighted by atomic mass is 10.1. The van der Waals surface area contributed by atoms with Crippen molar-refractivity contribution in [1.29, 1.82) is 0 Å². The van der Waals surface area contributed by atoms with Gasteiger partial charge in [-0.05, 0) is 11.6 Å². The summed E-state index contributed by atoms with van der Waals surface area (Å²) in [5.41, 5.74) is 1.14. The van der Waals surface area contributed by atoms with Gasteiger partial charge in [0.05, 0.1) is 0 Å². The van der Waals surface area contributed by atoms with Crippen molar-refractivity contribution in [2.24, 2.45) is 0 Å². The van der Waals surface area contributed by atoms with Gasteiger partial charge in [-0.1, -0.05) is 18.2 Å². The fraction of sp³-hybridized carbons (Fsp3) is 0.538. The molecule has 1 fully saturated rings. The molecule has 0 amide bonds. The third kappa shape index (κ3) is 2.95. The first-order chi connectivity index (χ1) is 9.65. The Morgan fingerprint density at radius 3 is 2.80 bits per heavy atom. The second kappa shape index (κ2) is 5.69. The summed E-state index contributed by atoms with van der Waals surface area (Å²) in [4.78, 5) is 0. The molecule has 110 valence electrons. The summed E-state index contributed by atoms with van der Waals surface area (Å²) in [6, 6.07) is 7.82. The number of rotatable bonds is 4. The minimum Gasteiger partial charge on any atom is -0.488 e. The van der Waals surface area contributed by atoms with Crippen molar-refractivity contribution >= 4 is 10.2 Å². The minimum absolute atomic E-state index is 0.120. The van der Waals surface area contributed by atoms with Crippen LogP contribution in [0.15, 0.2) is 24.3 Å². The maximum Gasteiger partial charge on any atom is 0.279 e. The van der Waals surface area contributed by atoms with E-state index >= 15 is 0 Å². The lowest BCUT2D eigenvalue weighted by Crippen LogP contribution is -2.51. The van der Waals surface area contributed by atoms with Gasteiger partial charge in [-0.3, -0.25) is 0 Å². The Bertz CT molecular complexity index is 545. The van der Waals surface area contributed by atoms with Crippen LogP contribution in [0, 0.1) is 0 Å². The molecule has 7 heteroatoms. The zero-order valence-electron chi connectivity index (χ0n) is 11.2. The Morgan fingerprint density at radius 2 is 2.05 bits per heavy atom. The highest BCUT2D eigenvalue weighted by Gasteiger charge is 2.27. The van der Waals surface area contributed by atoms with Gasteiger partial charge in [-0.15, -0.1) is 0 Å². The SMILES string of the molecule is O=S(=O)(NCC1Cc2ccccc2O1)N1CCNCC1. The monoisotopic (exact) mass is 297 g/mol. The molecule has 2 aliphatic heterocycles. The first kappa shape index (κ1) is 13.8. The second-order valence-electron chi connectivity index (χ2n) is 5.05. The van der Waals surface area contributed by atoms with Gasteiger partial charge in [0.15, 0.2) is 0 Å². The summed E-state index contributed by atoms with van der Waals surface area (Å²) in [7, 11) is -3.39. The topological polar surface area (TPSA) is 70.7 Å². The molecule has 2 heterocycles. The number of para-hydroxylation sites is 1. The number of nitrogens with one attached hydrogen (secondary N) is 2. The van der Waals surface area contributed by atoms with E-state index < -0.39 is 10.2 Å². The zero-order valence-corrected chi connectivity index (χ0v) is 12.0. The van der Waals surface area contributed by atoms with Crippen LogP contribution in [0.2, 0.25) is 0 Å². The molecule has 1 atom stereocenters. The normalized spacial score (nSPS) is 23.3. The Kier molecular flexibility index (Phi) is 3.93. The van der Waals surface area contributed by atoms with Crippen molar-refractivity contribution < 1.29 is 13.2 Å². The van der Waals surface area contributed by atoms with E-state index in [1.165, 1.54) is 4.31 Å². The van der Waals surface area contributed by atoms with Crippen molar-refractivity contribution in [2.75, 3.05) is 32.7 Å². The summed E-state index contributed by atoms with van der Waals surface area (Å²) in [6.07, 6.45) is 0.630. The maximum absolute atomic E-state index is 12.1. The molecule has 3 rings (SSSR count). The number of piperazine rings is 1. The zero-order chi connectivity index (χ0) is 14.0. The molecular weight excluding hydrogens is 278 g/mol. The van der Waals surface area contributed by atoms with Crippen molar-refractivity contribution in [3.8, 4) is 5.75 Å². The van der Waals surface area contributed by atoms with E-state index in [2.05, 4.69) is 10.0 Å². The number of nitrogens with zero attached hydrogens (tertiary/aromatic N) is 1. The molecule has 0 bridgehead atoms. The van der Waals surface area contributed by atoms with Crippen LogP contribution in [0.1, 0.15) is 5.56 Å². The highest BCUT2D eigenvalue weighted by Crippen LogP contribution is 2.27. The molecule has 0 aliphatic carbocycles. The predicted molar refractivity (Wildman–Crippen MR) is 75.9 cm³/mol. The molecule has 1 unspecified atom stereocenters. The number of hydrogen-bond donors (Lipinski definition) is 2. The fourth-order valence-corrected chi connectivity index (χ4v) is 3.78. The Labute approximate surface area is 119 Å². The van der Waals surface area contributed by atoms with Gasteiger partial charge in [0.2, 0.25) is 0 Å². The maximum atomic E-state index is 12.1. The number of benzene rings is 1. The van der Waals surface area contributed by atoms with Crippen molar-refractivity contribution in [1.82, 2.24) is 14.3 Å². The molecule has 20 heavy (non-hydrogen) atoms. The van der Waals surface area contributed by atoms with Crippen molar-refractivity contribution in [2.45, 2.75) is 12.5 Å². The van der Waals surface area contributed by atoms with Gasteiger partial charge >= 0.3 is 0 Å². The third-order valence-corrected chi connectivity index (χ3v) is 5.20. The van der Waals surface area contributed by atoms with E-state index in [9.17, 15) is 8.42 Å². The van der Waals surface area contributed by atoms with E-state index in [1.807, 2.05) is 24.3 Å². The standard InChI is InChI=1S/C13H19N3O3S/c17-20(18,16-7-5-14-6-8-16)15-10-12-9-11-3-1-2-4-13(11)19-12/h1-4,12,14-15H,5-10H2. The number of hydrogen-bond acceptors (Lipinski definition) is 4. The van der Waals surface area contributed by atoms with E-state index in [4.69, 9.17) is 4.74 Å². The van der Waals surface area contributed by atoms with Gasteiger partial charge in [-0.25, -0.2) is 0 Å². The van der Waals surface area contributed by atoms with Gasteiger partial charge in [0.25, 0.3) is 10.2 Å². The van der Waals surface area contributed by atoms with E-state index in [0.29, 0.717) is 32.7 Å².